The molecule has 1 heterocycles. The van der Waals surface area contributed by atoms with Gasteiger partial charge in [0.2, 0.25) is 0 Å². The number of benzene rings is 1. The van der Waals surface area contributed by atoms with E-state index in [1.807, 2.05) is 13.0 Å². The van der Waals surface area contributed by atoms with Gasteiger partial charge in [0, 0.05) is 12.2 Å². The molecule has 1 N–H and O–H groups in total. The first-order valence-electron chi connectivity index (χ1n) is 6.31. The third-order valence-corrected chi connectivity index (χ3v) is 3.04. The van der Waals surface area contributed by atoms with Gasteiger partial charge in [0.1, 0.15) is 5.82 Å². The van der Waals surface area contributed by atoms with E-state index < -0.39 is 17.6 Å². The molecule has 0 saturated heterocycles. The number of alkyl halides is 3. The van der Waals surface area contributed by atoms with Crippen LogP contribution in [-0.2, 0) is 12.7 Å². The van der Waals surface area contributed by atoms with E-state index in [1.165, 1.54) is 6.07 Å². The fraction of sp³-hybridized carbons (Fsp3) is 0.267. The minimum atomic E-state index is -4.69. The molecule has 112 valence electrons. The van der Waals surface area contributed by atoms with E-state index in [-0.39, 0.29) is 6.54 Å². The number of halogens is 4. The summed E-state index contributed by atoms with van der Waals surface area (Å²) in [5.74, 6) is -1.26. The third-order valence-electron chi connectivity index (χ3n) is 3.04. The molecule has 2 nitrogen and oxygen atoms in total. The first-order chi connectivity index (χ1) is 9.77. The molecule has 0 aliphatic rings. The predicted molar refractivity (Wildman–Crippen MR) is 72.4 cm³/mol. The summed E-state index contributed by atoms with van der Waals surface area (Å²) in [4.78, 5) is 4.25. The number of aryl methyl sites for hydroxylation is 2. The highest BCUT2D eigenvalue weighted by atomic mass is 19.4. The van der Waals surface area contributed by atoms with Crippen LogP contribution in [0.15, 0.2) is 30.3 Å². The lowest BCUT2D eigenvalue weighted by atomic mass is 10.1. The molecular formula is C15H14F4N2. The average molecular weight is 298 g/mol. The zero-order valence-corrected chi connectivity index (χ0v) is 11.6. The predicted octanol–water partition coefficient (Wildman–Crippen LogP) is 4.47. The second-order valence-corrected chi connectivity index (χ2v) is 4.75. The molecule has 0 aliphatic heterocycles. The third kappa shape index (κ3) is 3.71. The van der Waals surface area contributed by atoms with Crippen LogP contribution in [0.4, 0.5) is 23.2 Å². The molecule has 0 bridgehead atoms. The van der Waals surface area contributed by atoms with Crippen LogP contribution in [-0.4, -0.2) is 4.98 Å². The molecule has 1 aromatic carbocycles. The van der Waals surface area contributed by atoms with E-state index in [9.17, 15) is 17.6 Å². The Morgan fingerprint density at radius 3 is 2.43 bits per heavy atom. The molecule has 0 fully saturated rings. The van der Waals surface area contributed by atoms with Crippen LogP contribution in [0.25, 0.3) is 0 Å². The second kappa shape index (κ2) is 5.71. The molecular weight excluding hydrogens is 284 g/mol. The van der Waals surface area contributed by atoms with Crippen molar-refractivity contribution in [1.82, 2.24) is 4.98 Å². The van der Waals surface area contributed by atoms with Gasteiger partial charge in [-0.3, -0.25) is 4.98 Å². The largest absolute Gasteiger partial charge is 0.419 e. The molecule has 2 aromatic rings. The lowest BCUT2D eigenvalue weighted by Gasteiger charge is -2.12. The fourth-order valence-corrected chi connectivity index (χ4v) is 1.97. The number of nitrogens with one attached hydrogen (secondary N) is 1. The number of aromatic nitrogens is 1. The van der Waals surface area contributed by atoms with Gasteiger partial charge in [-0.15, -0.1) is 0 Å². The van der Waals surface area contributed by atoms with E-state index in [2.05, 4.69) is 10.3 Å². The number of rotatable bonds is 3. The minimum absolute atomic E-state index is 0.162. The molecule has 21 heavy (non-hydrogen) atoms. The van der Waals surface area contributed by atoms with E-state index in [4.69, 9.17) is 0 Å². The second-order valence-electron chi connectivity index (χ2n) is 4.75. The van der Waals surface area contributed by atoms with Crippen molar-refractivity contribution in [3.63, 3.8) is 0 Å². The van der Waals surface area contributed by atoms with Gasteiger partial charge in [0.25, 0.3) is 0 Å². The Balaban J connectivity index is 2.17. The van der Waals surface area contributed by atoms with Gasteiger partial charge in [-0.1, -0.05) is 6.07 Å². The molecule has 0 amide bonds. The summed E-state index contributed by atoms with van der Waals surface area (Å²) in [5, 5.41) is 3.00. The zero-order valence-electron chi connectivity index (χ0n) is 11.6. The number of anilines is 1. The Morgan fingerprint density at radius 2 is 1.81 bits per heavy atom. The summed E-state index contributed by atoms with van der Waals surface area (Å²) in [6.07, 6.45) is -4.69. The van der Waals surface area contributed by atoms with Gasteiger partial charge in [-0.25, -0.2) is 4.39 Å². The van der Waals surface area contributed by atoms with Crippen molar-refractivity contribution in [3.05, 3.63) is 58.7 Å². The average Bonchev–Trinajstić information content (AvgIpc) is 2.38. The van der Waals surface area contributed by atoms with E-state index >= 15 is 0 Å². The van der Waals surface area contributed by atoms with Gasteiger partial charge >= 0.3 is 6.18 Å². The summed E-state index contributed by atoms with van der Waals surface area (Å²) in [5.41, 5.74) is 1.45. The maximum absolute atomic E-state index is 13.2. The Morgan fingerprint density at radius 1 is 1.10 bits per heavy atom. The van der Waals surface area contributed by atoms with Crippen molar-refractivity contribution >= 4 is 5.69 Å². The van der Waals surface area contributed by atoms with Gasteiger partial charge in [0.05, 0.1) is 16.9 Å². The summed E-state index contributed by atoms with van der Waals surface area (Å²) in [7, 11) is 0. The maximum atomic E-state index is 13.2. The highest BCUT2D eigenvalue weighted by Gasteiger charge is 2.34. The van der Waals surface area contributed by atoms with Crippen LogP contribution in [0.1, 0.15) is 22.5 Å². The number of pyridine rings is 1. The Bertz CT molecular complexity index is 651. The molecule has 0 spiro atoms. The highest BCUT2D eigenvalue weighted by molar-refractivity contribution is 5.48. The molecule has 0 aliphatic carbocycles. The molecule has 0 saturated carbocycles. The fourth-order valence-electron chi connectivity index (χ4n) is 1.97. The van der Waals surface area contributed by atoms with E-state index in [0.29, 0.717) is 5.56 Å². The summed E-state index contributed by atoms with van der Waals surface area (Å²) in [6, 6.07) is 6.60. The lowest BCUT2D eigenvalue weighted by Crippen LogP contribution is -2.10. The molecule has 0 atom stereocenters. The van der Waals surface area contributed by atoms with Crippen LogP contribution in [0, 0.1) is 19.7 Å². The summed E-state index contributed by atoms with van der Waals surface area (Å²) < 4.78 is 51.1. The Kier molecular flexibility index (Phi) is 4.16. The van der Waals surface area contributed by atoms with E-state index in [0.717, 1.165) is 29.2 Å². The number of hydrogen-bond donors (Lipinski definition) is 1. The van der Waals surface area contributed by atoms with E-state index in [1.54, 1.807) is 13.0 Å². The maximum Gasteiger partial charge on any atom is 0.419 e. The van der Waals surface area contributed by atoms with Gasteiger partial charge in [-0.05, 0) is 43.7 Å². The molecule has 6 heteroatoms. The zero-order chi connectivity index (χ0) is 15.6. The van der Waals surface area contributed by atoms with Crippen LogP contribution in [0.3, 0.4) is 0 Å². The minimum Gasteiger partial charge on any atom is -0.380 e. The number of nitrogens with zero attached hydrogens (tertiary/aromatic N) is 1. The first-order valence-corrected chi connectivity index (χ1v) is 6.31. The van der Waals surface area contributed by atoms with Crippen molar-refractivity contribution in [3.8, 4) is 0 Å². The van der Waals surface area contributed by atoms with Crippen LogP contribution < -0.4 is 5.32 Å². The van der Waals surface area contributed by atoms with Crippen molar-refractivity contribution < 1.29 is 17.6 Å². The smallest absolute Gasteiger partial charge is 0.380 e. The van der Waals surface area contributed by atoms with Crippen molar-refractivity contribution in [1.29, 1.82) is 0 Å². The molecule has 0 unspecified atom stereocenters. The molecule has 1 aromatic heterocycles. The van der Waals surface area contributed by atoms with Crippen molar-refractivity contribution in [2.24, 2.45) is 0 Å². The van der Waals surface area contributed by atoms with Crippen LogP contribution in [0.5, 0.6) is 0 Å². The van der Waals surface area contributed by atoms with Gasteiger partial charge in [0.15, 0.2) is 0 Å². The lowest BCUT2D eigenvalue weighted by molar-refractivity contribution is -0.140. The number of hydrogen-bond acceptors (Lipinski definition) is 2. The summed E-state index contributed by atoms with van der Waals surface area (Å²) >= 11 is 0. The topological polar surface area (TPSA) is 24.9 Å². The van der Waals surface area contributed by atoms with Crippen molar-refractivity contribution in [2.45, 2.75) is 26.6 Å². The van der Waals surface area contributed by atoms with Crippen LogP contribution in [0.2, 0.25) is 0 Å². The Hall–Kier alpha value is -2.11. The highest BCUT2D eigenvalue weighted by Crippen LogP contribution is 2.32. The van der Waals surface area contributed by atoms with Crippen LogP contribution >= 0.6 is 0 Å². The molecule has 0 radical (unpaired) electrons. The quantitative estimate of drug-likeness (QED) is 0.846. The normalized spacial score (nSPS) is 11.5. The standard InChI is InChI=1S/C15H14F4N2/c1-9-3-6-14(10(2)21-9)20-8-11-4-5-13(16)12(7-11)15(17,18)19/h3-7,20H,8H2,1-2H3. The SMILES string of the molecule is Cc1ccc(NCc2ccc(F)c(C(F)(F)F)c2)c(C)n1. The van der Waals surface area contributed by atoms with Gasteiger partial charge < -0.3 is 5.32 Å². The van der Waals surface area contributed by atoms with Gasteiger partial charge in [-0.2, -0.15) is 13.2 Å². The summed E-state index contributed by atoms with van der Waals surface area (Å²) in [6.45, 7) is 3.82. The first kappa shape index (κ1) is 15.3. The van der Waals surface area contributed by atoms with Crippen molar-refractivity contribution in [2.75, 3.05) is 5.32 Å². The molecule has 2 rings (SSSR count). The monoisotopic (exact) mass is 298 g/mol. The Labute approximate surface area is 119 Å².